The fourth-order valence-electron chi connectivity index (χ4n) is 1.80. The van der Waals surface area contributed by atoms with E-state index in [1.807, 2.05) is 0 Å². The summed E-state index contributed by atoms with van der Waals surface area (Å²) in [7, 11) is 0. The van der Waals surface area contributed by atoms with Gasteiger partial charge in [-0.15, -0.1) is 0 Å². The predicted octanol–water partition coefficient (Wildman–Crippen LogP) is 6.09. The number of carbonyl (C=O) groups excluding carboxylic acids is 1. The Bertz CT molecular complexity index is 526. The summed E-state index contributed by atoms with van der Waals surface area (Å²) in [5, 5.41) is 8.98. The molecular formula is C24H45NO4. The summed E-state index contributed by atoms with van der Waals surface area (Å²) in [6.45, 7) is 21.1. The average Bonchev–Trinajstić information content (AvgIpc) is 2.54. The summed E-state index contributed by atoms with van der Waals surface area (Å²) in [5.74, 6) is 1.45. The highest BCUT2D eigenvalue weighted by Crippen LogP contribution is 2.17. The van der Waals surface area contributed by atoms with Crippen molar-refractivity contribution < 1.29 is 19.4 Å². The summed E-state index contributed by atoms with van der Waals surface area (Å²) in [4.78, 5) is 10.1. The Morgan fingerprint density at radius 3 is 1.90 bits per heavy atom. The second-order valence-corrected chi connectivity index (χ2v) is 9.18. The van der Waals surface area contributed by atoms with Crippen molar-refractivity contribution in [2.75, 3.05) is 18.9 Å². The number of carbonyl (C=O) groups is 1. The van der Waals surface area contributed by atoms with Crippen molar-refractivity contribution in [3.05, 3.63) is 23.8 Å². The monoisotopic (exact) mass is 411 g/mol. The van der Waals surface area contributed by atoms with E-state index in [1.54, 1.807) is 6.07 Å². The molecule has 5 nitrogen and oxygen atoms in total. The SMILES string of the molecule is CC(C)CCOC(C)(C)C.CC(C)CCOC(C)C.Nc1ccc(C=O)c(O)c1. The number of anilines is 1. The molecule has 0 radical (unpaired) electrons. The molecule has 0 heterocycles. The maximum atomic E-state index is 10.1. The van der Waals surface area contributed by atoms with Crippen LogP contribution in [0.2, 0.25) is 0 Å². The van der Waals surface area contributed by atoms with Gasteiger partial charge in [-0.05, 0) is 71.4 Å². The van der Waals surface area contributed by atoms with Gasteiger partial charge in [0.05, 0.1) is 17.3 Å². The highest BCUT2D eigenvalue weighted by atomic mass is 16.5. The fraction of sp³-hybridized carbons (Fsp3) is 0.708. The number of phenols is 1. The lowest BCUT2D eigenvalue weighted by molar-refractivity contribution is -0.00775. The van der Waals surface area contributed by atoms with Crippen molar-refractivity contribution >= 4 is 12.0 Å². The molecule has 0 amide bonds. The lowest BCUT2D eigenvalue weighted by Gasteiger charge is -2.19. The van der Waals surface area contributed by atoms with Crippen LogP contribution in [0.15, 0.2) is 18.2 Å². The third-order valence-corrected chi connectivity index (χ3v) is 3.56. The van der Waals surface area contributed by atoms with Gasteiger partial charge in [-0.3, -0.25) is 4.79 Å². The second-order valence-electron chi connectivity index (χ2n) is 9.18. The van der Waals surface area contributed by atoms with Crippen LogP contribution in [0.3, 0.4) is 0 Å². The average molecular weight is 412 g/mol. The number of nitrogens with two attached hydrogens (primary N) is 1. The van der Waals surface area contributed by atoms with E-state index >= 15 is 0 Å². The first kappa shape index (κ1) is 29.6. The Hall–Kier alpha value is -1.59. The van der Waals surface area contributed by atoms with Gasteiger partial charge in [-0.25, -0.2) is 0 Å². The molecule has 0 fully saturated rings. The lowest BCUT2D eigenvalue weighted by Crippen LogP contribution is -2.20. The maximum absolute atomic E-state index is 10.1. The van der Waals surface area contributed by atoms with E-state index in [4.69, 9.17) is 20.3 Å². The smallest absolute Gasteiger partial charge is 0.153 e. The number of hydrogen-bond acceptors (Lipinski definition) is 5. The number of nitrogen functional groups attached to an aromatic ring is 1. The van der Waals surface area contributed by atoms with E-state index in [-0.39, 0.29) is 16.9 Å². The van der Waals surface area contributed by atoms with Gasteiger partial charge in [0, 0.05) is 25.0 Å². The van der Waals surface area contributed by atoms with E-state index in [0.29, 0.717) is 18.1 Å². The minimum absolute atomic E-state index is 0.0366. The van der Waals surface area contributed by atoms with Crippen LogP contribution in [-0.4, -0.2) is 36.3 Å². The molecular weight excluding hydrogens is 366 g/mol. The third kappa shape index (κ3) is 22.6. The summed E-state index contributed by atoms with van der Waals surface area (Å²) in [6, 6.07) is 4.37. The molecule has 5 heteroatoms. The van der Waals surface area contributed by atoms with Gasteiger partial charge in [0.2, 0.25) is 0 Å². The Morgan fingerprint density at radius 1 is 1.00 bits per heavy atom. The van der Waals surface area contributed by atoms with Crippen LogP contribution in [0.25, 0.3) is 0 Å². The number of aldehydes is 1. The van der Waals surface area contributed by atoms with E-state index in [2.05, 4.69) is 62.3 Å². The molecule has 0 aromatic heterocycles. The Balaban J connectivity index is 0. The van der Waals surface area contributed by atoms with Crippen LogP contribution in [0.5, 0.6) is 5.75 Å². The molecule has 0 bridgehead atoms. The fourth-order valence-corrected chi connectivity index (χ4v) is 1.80. The molecule has 1 rings (SSSR count). The number of aromatic hydroxyl groups is 1. The quantitative estimate of drug-likeness (QED) is 0.399. The molecule has 1 aromatic carbocycles. The summed E-state index contributed by atoms with van der Waals surface area (Å²) < 4.78 is 10.9. The molecule has 0 aliphatic heterocycles. The number of benzene rings is 1. The summed E-state index contributed by atoms with van der Waals surface area (Å²) >= 11 is 0. The van der Waals surface area contributed by atoms with Crippen molar-refractivity contribution in [2.24, 2.45) is 11.8 Å². The first-order chi connectivity index (χ1) is 13.3. The standard InChI is InChI=1S/C9H20O.C8H18O.C7H7NO2/c1-8(2)6-7-10-9(3,4)5;1-7(2)5-6-9-8(3)4;8-6-2-1-5(4-9)7(10)3-6/h8H,6-7H2,1-5H3;7-8H,5-6H2,1-4H3;1-4,10H,8H2. The molecule has 0 saturated carbocycles. The Morgan fingerprint density at radius 2 is 1.52 bits per heavy atom. The summed E-state index contributed by atoms with van der Waals surface area (Å²) in [6.07, 6.45) is 3.31. The normalized spacial score (nSPS) is 11.0. The number of ether oxygens (including phenoxy) is 2. The van der Waals surface area contributed by atoms with Gasteiger partial charge < -0.3 is 20.3 Å². The van der Waals surface area contributed by atoms with Gasteiger partial charge >= 0.3 is 0 Å². The van der Waals surface area contributed by atoms with Crippen LogP contribution in [0, 0.1) is 11.8 Å². The van der Waals surface area contributed by atoms with Crippen LogP contribution >= 0.6 is 0 Å². The second kappa shape index (κ2) is 16.2. The molecule has 0 aliphatic carbocycles. The number of rotatable bonds is 8. The van der Waals surface area contributed by atoms with Gasteiger partial charge in [0.1, 0.15) is 5.75 Å². The lowest BCUT2D eigenvalue weighted by atomic mass is 10.1. The predicted molar refractivity (Wildman–Crippen MR) is 124 cm³/mol. The van der Waals surface area contributed by atoms with Crippen molar-refractivity contribution in [2.45, 2.75) is 86.9 Å². The van der Waals surface area contributed by atoms with E-state index < -0.39 is 0 Å². The van der Waals surface area contributed by atoms with Crippen molar-refractivity contribution in [3.63, 3.8) is 0 Å². The van der Waals surface area contributed by atoms with Crippen LogP contribution < -0.4 is 5.73 Å². The molecule has 0 spiro atoms. The zero-order valence-electron chi connectivity index (χ0n) is 20.1. The first-order valence-corrected chi connectivity index (χ1v) is 10.6. The molecule has 170 valence electrons. The van der Waals surface area contributed by atoms with E-state index in [9.17, 15) is 4.79 Å². The molecule has 0 saturated heterocycles. The first-order valence-electron chi connectivity index (χ1n) is 10.6. The highest BCUT2D eigenvalue weighted by molar-refractivity contribution is 5.80. The van der Waals surface area contributed by atoms with Crippen LogP contribution in [0.4, 0.5) is 5.69 Å². The van der Waals surface area contributed by atoms with Crippen LogP contribution in [-0.2, 0) is 9.47 Å². The molecule has 29 heavy (non-hydrogen) atoms. The van der Waals surface area contributed by atoms with Crippen molar-refractivity contribution in [1.82, 2.24) is 0 Å². The van der Waals surface area contributed by atoms with Crippen molar-refractivity contribution in [1.29, 1.82) is 0 Å². The van der Waals surface area contributed by atoms with E-state index in [1.165, 1.54) is 18.6 Å². The summed E-state index contributed by atoms with van der Waals surface area (Å²) in [5.41, 5.74) is 6.05. The molecule has 0 unspecified atom stereocenters. The Kier molecular flexibility index (Phi) is 16.6. The largest absolute Gasteiger partial charge is 0.507 e. The minimum Gasteiger partial charge on any atom is -0.507 e. The van der Waals surface area contributed by atoms with Gasteiger partial charge in [-0.1, -0.05) is 27.7 Å². The topological polar surface area (TPSA) is 81.8 Å². The number of hydrogen-bond donors (Lipinski definition) is 2. The number of phenolic OH excluding ortho intramolecular Hbond substituents is 1. The molecule has 0 atom stereocenters. The van der Waals surface area contributed by atoms with Crippen LogP contribution in [0.1, 0.15) is 85.5 Å². The molecule has 3 N–H and O–H groups in total. The Labute approximate surface area is 179 Å². The van der Waals surface area contributed by atoms with Crippen molar-refractivity contribution in [3.8, 4) is 5.75 Å². The maximum Gasteiger partial charge on any atom is 0.153 e. The zero-order chi connectivity index (χ0) is 23.0. The molecule has 1 aromatic rings. The van der Waals surface area contributed by atoms with Gasteiger partial charge in [-0.2, -0.15) is 0 Å². The molecule has 0 aliphatic rings. The van der Waals surface area contributed by atoms with Gasteiger partial charge in [0.25, 0.3) is 0 Å². The third-order valence-electron chi connectivity index (χ3n) is 3.56. The van der Waals surface area contributed by atoms with Gasteiger partial charge in [0.15, 0.2) is 6.29 Å². The minimum atomic E-state index is -0.0741. The highest BCUT2D eigenvalue weighted by Gasteiger charge is 2.09. The zero-order valence-corrected chi connectivity index (χ0v) is 20.1. The van der Waals surface area contributed by atoms with E-state index in [0.717, 1.165) is 31.5 Å².